The Kier molecular flexibility index (Phi) is 4.36. The number of sulfonamides is 1. The van der Waals surface area contributed by atoms with Crippen LogP contribution in [0.4, 0.5) is 5.82 Å². The van der Waals surface area contributed by atoms with Crippen LogP contribution in [0, 0.1) is 18.3 Å². The molecule has 0 fully saturated rings. The molecule has 6 heteroatoms. The fourth-order valence-corrected chi connectivity index (χ4v) is 2.36. The molecule has 0 unspecified atom stereocenters. The van der Waals surface area contributed by atoms with Crippen molar-refractivity contribution in [2.24, 2.45) is 0 Å². The summed E-state index contributed by atoms with van der Waals surface area (Å²) in [5.41, 5.74) is 2.27. The minimum Gasteiger partial charge on any atom is -0.264 e. The van der Waals surface area contributed by atoms with Gasteiger partial charge in [0.1, 0.15) is 11.9 Å². The zero-order valence-corrected chi connectivity index (χ0v) is 12.1. The highest BCUT2D eigenvalue weighted by Crippen LogP contribution is 2.10. The van der Waals surface area contributed by atoms with Gasteiger partial charge in [-0.2, -0.15) is 5.26 Å². The Morgan fingerprint density at radius 3 is 2.48 bits per heavy atom. The Hall–Kier alpha value is -2.65. The van der Waals surface area contributed by atoms with Gasteiger partial charge in [-0.05, 0) is 30.7 Å². The van der Waals surface area contributed by atoms with Gasteiger partial charge in [-0.15, -0.1) is 0 Å². The number of aryl methyl sites for hydroxylation is 1. The second-order valence-electron chi connectivity index (χ2n) is 4.40. The summed E-state index contributed by atoms with van der Waals surface area (Å²) in [4.78, 5) is 3.85. The van der Waals surface area contributed by atoms with Gasteiger partial charge < -0.3 is 0 Å². The number of aromatic nitrogens is 1. The van der Waals surface area contributed by atoms with Gasteiger partial charge in [0.05, 0.1) is 11.0 Å². The molecule has 1 aromatic heterocycles. The summed E-state index contributed by atoms with van der Waals surface area (Å²) >= 11 is 0. The number of anilines is 1. The molecule has 0 aliphatic carbocycles. The van der Waals surface area contributed by atoms with E-state index < -0.39 is 10.0 Å². The maximum Gasteiger partial charge on any atom is 0.256 e. The van der Waals surface area contributed by atoms with Gasteiger partial charge in [0.25, 0.3) is 10.0 Å². The lowest BCUT2D eigenvalue weighted by Gasteiger charge is -2.03. The first-order chi connectivity index (χ1) is 9.98. The number of rotatable bonds is 4. The second-order valence-corrected chi connectivity index (χ2v) is 5.97. The van der Waals surface area contributed by atoms with E-state index in [0.717, 1.165) is 16.5 Å². The molecule has 2 aromatic rings. The quantitative estimate of drug-likeness (QED) is 0.940. The van der Waals surface area contributed by atoms with Gasteiger partial charge in [0.2, 0.25) is 0 Å². The van der Waals surface area contributed by atoms with E-state index in [4.69, 9.17) is 5.26 Å². The van der Waals surface area contributed by atoms with E-state index in [1.807, 2.05) is 37.3 Å². The fraction of sp³-hybridized carbons (Fsp3) is 0.0667. The van der Waals surface area contributed by atoms with E-state index in [0.29, 0.717) is 5.56 Å². The average molecular weight is 299 g/mol. The molecule has 0 atom stereocenters. The maximum absolute atomic E-state index is 11.9. The summed E-state index contributed by atoms with van der Waals surface area (Å²) in [6.45, 7) is 1.96. The maximum atomic E-state index is 11.9. The highest BCUT2D eigenvalue weighted by atomic mass is 32.2. The Labute approximate surface area is 123 Å². The molecule has 0 radical (unpaired) electrons. The van der Waals surface area contributed by atoms with Crippen molar-refractivity contribution >= 4 is 21.9 Å². The summed E-state index contributed by atoms with van der Waals surface area (Å²) in [6, 6.07) is 12.3. The first kappa shape index (κ1) is 14.8. The molecule has 0 saturated heterocycles. The van der Waals surface area contributed by atoms with Crippen molar-refractivity contribution in [2.45, 2.75) is 6.92 Å². The highest BCUT2D eigenvalue weighted by molar-refractivity contribution is 7.95. The van der Waals surface area contributed by atoms with Gasteiger partial charge in [-0.25, -0.2) is 13.4 Å². The first-order valence-electron chi connectivity index (χ1n) is 6.12. The van der Waals surface area contributed by atoms with Gasteiger partial charge in [0, 0.05) is 6.20 Å². The van der Waals surface area contributed by atoms with Crippen LogP contribution in [0.3, 0.4) is 0 Å². The number of nitriles is 1. The standard InChI is InChI=1S/C15H13N3O2S/c1-12-2-4-13(5-3-12)8-9-21(19,20)18-15-7-6-14(10-16)11-17-15/h2-9,11H,1H3,(H,17,18). The van der Waals surface area contributed by atoms with Crippen LogP contribution in [0.25, 0.3) is 6.08 Å². The minimum absolute atomic E-state index is 0.169. The van der Waals surface area contributed by atoms with Crippen molar-refractivity contribution in [3.05, 3.63) is 64.7 Å². The van der Waals surface area contributed by atoms with Crippen molar-refractivity contribution in [1.29, 1.82) is 5.26 Å². The summed E-state index contributed by atoms with van der Waals surface area (Å²) < 4.78 is 26.1. The smallest absolute Gasteiger partial charge is 0.256 e. The van der Waals surface area contributed by atoms with Crippen LogP contribution < -0.4 is 4.72 Å². The van der Waals surface area contributed by atoms with Crippen LogP contribution in [0.1, 0.15) is 16.7 Å². The molecule has 1 N–H and O–H groups in total. The van der Waals surface area contributed by atoms with Crippen molar-refractivity contribution in [2.75, 3.05) is 4.72 Å². The lowest BCUT2D eigenvalue weighted by molar-refractivity contribution is 0.609. The van der Waals surface area contributed by atoms with E-state index >= 15 is 0 Å². The molecule has 21 heavy (non-hydrogen) atoms. The Morgan fingerprint density at radius 2 is 1.90 bits per heavy atom. The summed E-state index contributed by atoms with van der Waals surface area (Å²) in [5, 5.41) is 9.73. The molecule has 1 aromatic carbocycles. The fourth-order valence-electron chi connectivity index (χ4n) is 1.55. The van der Waals surface area contributed by atoms with E-state index in [1.165, 1.54) is 24.4 Å². The molecular weight excluding hydrogens is 286 g/mol. The lowest BCUT2D eigenvalue weighted by Crippen LogP contribution is -2.10. The highest BCUT2D eigenvalue weighted by Gasteiger charge is 2.06. The van der Waals surface area contributed by atoms with Crippen LogP contribution >= 0.6 is 0 Å². The molecular formula is C15H13N3O2S. The van der Waals surface area contributed by atoms with Crippen molar-refractivity contribution in [3.63, 3.8) is 0 Å². The van der Waals surface area contributed by atoms with Crippen molar-refractivity contribution in [1.82, 2.24) is 4.98 Å². The zero-order valence-electron chi connectivity index (χ0n) is 11.3. The molecule has 5 nitrogen and oxygen atoms in total. The molecule has 0 aliphatic rings. The Morgan fingerprint density at radius 1 is 1.19 bits per heavy atom. The van der Waals surface area contributed by atoms with Crippen LogP contribution in [0.5, 0.6) is 0 Å². The topological polar surface area (TPSA) is 82.9 Å². The van der Waals surface area contributed by atoms with Crippen LogP contribution in [0.2, 0.25) is 0 Å². The van der Waals surface area contributed by atoms with Crippen LogP contribution in [-0.2, 0) is 10.0 Å². The second kappa shape index (κ2) is 6.20. The number of pyridine rings is 1. The molecule has 106 valence electrons. The Bertz CT molecular complexity index is 786. The van der Waals surface area contributed by atoms with Crippen LogP contribution in [-0.4, -0.2) is 13.4 Å². The number of hydrogen-bond donors (Lipinski definition) is 1. The van der Waals surface area contributed by atoms with Gasteiger partial charge >= 0.3 is 0 Å². The molecule has 0 spiro atoms. The van der Waals surface area contributed by atoms with Crippen molar-refractivity contribution < 1.29 is 8.42 Å². The van der Waals surface area contributed by atoms with E-state index in [9.17, 15) is 8.42 Å². The number of nitrogens with one attached hydrogen (secondary N) is 1. The Balaban J connectivity index is 2.11. The third-order valence-corrected chi connectivity index (χ3v) is 3.64. The minimum atomic E-state index is -3.64. The summed E-state index contributed by atoms with van der Waals surface area (Å²) in [6.07, 6.45) is 2.81. The van der Waals surface area contributed by atoms with Gasteiger partial charge in [-0.1, -0.05) is 29.8 Å². The monoisotopic (exact) mass is 299 g/mol. The van der Waals surface area contributed by atoms with Crippen LogP contribution in [0.15, 0.2) is 48.0 Å². The number of hydrogen-bond acceptors (Lipinski definition) is 4. The predicted molar refractivity (Wildman–Crippen MR) is 81.7 cm³/mol. The molecule has 0 amide bonds. The third kappa shape index (κ3) is 4.44. The normalized spacial score (nSPS) is 11.2. The molecule has 0 saturated carbocycles. The largest absolute Gasteiger partial charge is 0.264 e. The van der Waals surface area contributed by atoms with Gasteiger partial charge in [-0.3, -0.25) is 4.72 Å². The van der Waals surface area contributed by atoms with Gasteiger partial charge in [0.15, 0.2) is 0 Å². The molecule has 2 rings (SSSR count). The number of nitrogens with zero attached hydrogens (tertiary/aromatic N) is 2. The SMILES string of the molecule is Cc1ccc(C=CS(=O)(=O)Nc2ccc(C#N)cn2)cc1. The molecule has 1 heterocycles. The first-order valence-corrected chi connectivity index (χ1v) is 7.67. The number of benzene rings is 1. The summed E-state index contributed by atoms with van der Waals surface area (Å²) in [7, 11) is -3.64. The lowest BCUT2D eigenvalue weighted by atomic mass is 10.2. The van der Waals surface area contributed by atoms with Crippen molar-refractivity contribution in [3.8, 4) is 6.07 Å². The average Bonchev–Trinajstić information content (AvgIpc) is 2.47. The zero-order chi connectivity index (χ0) is 15.3. The van der Waals surface area contributed by atoms with E-state index in [2.05, 4.69) is 9.71 Å². The third-order valence-electron chi connectivity index (χ3n) is 2.66. The molecule has 0 aliphatic heterocycles. The predicted octanol–water partition coefficient (Wildman–Crippen LogP) is 2.67. The summed E-state index contributed by atoms with van der Waals surface area (Å²) in [5.74, 6) is 0.169. The molecule has 0 bridgehead atoms. The van der Waals surface area contributed by atoms with E-state index in [1.54, 1.807) is 0 Å². The van der Waals surface area contributed by atoms with E-state index in [-0.39, 0.29) is 5.82 Å².